The van der Waals surface area contributed by atoms with Crippen molar-refractivity contribution in [3.63, 3.8) is 0 Å². The molecule has 0 bridgehead atoms. The number of ether oxygens (including phenoxy) is 3. The third-order valence-electron chi connectivity index (χ3n) is 1.90. The quantitative estimate of drug-likeness (QED) is 0.134. The number of Topliss-reactive ketones (excluding diaryl/α,β-unsaturated/α-hetero) is 3. The van der Waals surface area contributed by atoms with Crippen LogP contribution in [0.5, 0.6) is 0 Å². The summed E-state index contributed by atoms with van der Waals surface area (Å²) in [6.07, 6.45) is 0. The minimum atomic E-state index is -1.85. The largest absolute Gasteiger partial charge is 3.00 e. The van der Waals surface area contributed by atoms with E-state index in [1.54, 1.807) is 0 Å². The standard InChI is InChI=1S/3C5H6O5.Al/c3*1-3(6)10-2-4(7)5(8)9;/h3*2H2,1H3,(H,8,9);/q;;;+3/p-3. The van der Waals surface area contributed by atoms with Gasteiger partial charge in [0.05, 0.1) is 0 Å². The zero-order chi connectivity index (χ0) is 24.4. The first-order valence-electron chi connectivity index (χ1n) is 7.24. The number of carbonyl (C=O) groups is 9. The molecule has 0 heterocycles. The average Bonchev–Trinajstić information content (AvgIpc) is 2.62. The minimum Gasteiger partial charge on any atom is -0.542 e. The van der Waals surface area contributed by atoms with E-state index >= 15 is 0 Å². The summed E-state index contributed by atoms with van der Waals surface area (Å²) in [5.41, 5.74) is 0. The first-order valence-corrected chi connectivity index (χ1v) is 7.24. The minimum absolute atomic E-state index is 0. The maximum Gasteiger partial charge on any atom is 3.00 e. The van der Waals surface area contributed by atoms with E-state index in [0.29, 0.717) is 0 Å². The molecule has 0 aliphatic rings. The second-order valence-electron chi connectivity index (χ2n) is 4.47. The Kier molecular flexibility index (Phi) is 22.1. The van der Waals surface area contributed by atoms with Crippen LogP contribution < -0.4 is 15.3 Å². The van der Waals surface area contributed by atoms with Crippen LogP contribution in [0.15, 0.2) is 0 Å². The molecule has 0 saturated heterocycles. The van der Waals surface area contributed by atoms with Gasteiger partial charge in [-0.1, -0.05) is 0 Å². The number of carboxylic acid groups (broad SMARTS) is 3. The normalized spacial score (nSPS) is 8.23. The molecule has 0 radical (unpaired) electrons. The molecular weight excluding hydrogens is 447 g/mol. The van der Waals surface area contributed by atoms with E-state index < -0.39 is 73.0 Å². The number of hydrogen-bond acceptors (Lipinski definition) is 15. The van der Waals surface area contributed by atoms with Crippen LogP contribution in [-0.4, -0.2) is 90.3 Å². The molecule has 31 heavy (non-hydrogen) atoms. The molecule has 0 rings (SSSR count). The molecule has 0 N–H and O–H groups in total. The summed E-state index contributed by atoms with van der Waals surface area (Å²) in [7, 11) is 0. The Bertz CT molecular complexity index is 614. The van der Waals surface area contributed by atoms with Gasteiger partial charge in [-0.2, -0.15) is 0 Å². The fourth-order valence-corrected chi connectivity index (χ4v) is 0.678. The van der Waals surface area contributed by atoms with Gasteiger partial charge in [0.15, 0.2) is 19.8 Å². The van der Waals surface area contributed by atoms with Gasteiger partial charge in [-0.3, -0.25) is 28.8 Å². The van der Waals surface area contributed by atoms with Crippen molar-refractivity contribution < 1.29 is 72.7 Å². The first kappa shape index (κ1) is 34.8. The molecule has 0 spiro atoms. The fourth-order valence-electron chi connectivity index (χ4n) is 0.678. The Balaban J connectivity index is -0.000000174. The molecular formula is C15H15AlO15. The molecule has 0 aliphatic carbocycles. The number of carbonyl (C=O) groups excluding carboxylic acids is 9. The van der Waals surface area contributed by atoms with Crippen LogP contribution in [0.4, 0.5) is 0 Å². The second-order valence-corrected chi connectivity index (χ2v) is 4.47. The van der Waals surface area contributed by atoms with E-state index in [1.807, 2.05) is 0 Å². The zero-order valence-electron chi connectivity index (χ0n) is 16.3. The molecule has 0 unspecified atom stereocenters. The molecule has 0 fully saturated rings. The predicted molar refractivity (Wildman–Crippen MR) is 85.7 cm³/mol. The Morgan fingerprint density at radius 3 is 0.742 bits per heavy atom. The number of rotatable bonds is 9. The third kappa shape index (κ3) is 28.7. The summed E-state index contributed by atoms with van der Waals surface area (Å²) in [5, 5.41) is 29.0. The SMILES string of the molecule is CC(=O)OCC(=O)C(=O)[O-].CC(=O)OCC(=O)C(=O)[O-].CC(=O)OCC(=O)C(=O)[O-].[Al+3]. The van der Waals surface area contributed by atoms with E-state index in [9.17, 15) is 58.5 Å². The van der Waals surface area contributed by atoms with Gasteiger partial charge < -0.3 is 43.9 Å². The molecule has 0 saturated carbocycles. The second kappa shape index (κ2) is 19.7. The van der Waals surface area contributed by atoms with E-state index in [-0.39, 0.29) is 17.4 Å². The van der Waals surface area contributed by atoms with Crippen LogP contribution in [0, 0.1) is 0 Å². The third-order valence-corrected chi connectivity index (χ3v) is 1.90. The van der Waals surface area contributed by atoms with Crippen molar-refractivity contribution >= 4 is 70.5 Å². The number of aliphatic carboxylic acids is 3. The van der Waals surface area contributed by atoms with Gasteiger partial charge in [0.25, 0.3) is 0 Å². The summed E-state index contributed by atoms with van der Waals surface area (Å²) < 4.78 is 12.2. The number of ketones is 3. The number of hydrogen-bond donors (Lipinski definition) is 0. The van der Waals surface area contributed by atoms with Crippen molar-refractivity contribution in [2.75, 3.05) is 19.8 Å². The summed E-state index contributed by atoms with van der Waals surface area (Å²) in [5.74, 6) is -11.4. The summed E-state index contributed by atoms with van der Waals surface area (Å²) in [4.78, 5) is 89.3. The smallest absolute Gasteiger partial charge is 0.542 e. The van der Waals surface area contributed by atoms with Crippen molar-refractivity contribution in [1.82, 2.24) is 0 Å². The Morgan fingerprint density at radius 1 is 0.484 bits per heavy atom. The van der Waals surface area contributed by atoms with Gasteiger partial charge in [-0.05, 0) is 0 Å². The van der Waals surface area contributed by atoms with E-state index in [2.05, 4.69) is 14.2 Å². The van der Waals surface area contributed by atoms with Crippen molar-refractivity contribution in [2.45, 2.75) is 20.8 Å². The zero-order valence-corrected chi connectivity index (χ0v) is 17.5. The maximum atomic E-state index is 10.1. The van der Waals surface area contributed by atoms with Crippen LogP contribution in [-0.2, 0) is 57.4 Å². The summed E-state index contributed by atoms with van der Waals surface area (Å²) in [6, 6.07) is 0. The number of esters is 3. The van der Waals surface area contributed by atoms with Gasteiger partial charge in [0.1, 0.15) is 17.9 Å². The molecule has 16 heteroatoms. The molecule has 0 atom stereocenters. The van der Waals surface area contributed by atoms with E-state index in [4.69, 9.17) is 0 Å². The average molecular weight is 462 g/mol. The van der Waals surface area contributed by atoms with Gasteiger partial charge in [0, 0.05) is 20.8 Å². The first-order chi connectivity index (χ1) is 13.6. The monoisotopic (exact) mass is 462 g/mol. The summed E-state index contributed by atoms with van der Waals surface area (Å²) in [6.45, 7) is 0.959. The van der Waals surface area contributed by atoms with Crippen LogP contribution in [0.25, 0.3) is 0 Å². The van der Waals surface area contributed by atoms with Gasteiger partial charge in [-0.25, -0.2) is 0 Å². The maximum absolute atomic E-state index is 10.1. The topological polar surface area (TPSA) is 250 Å². The molecule has 0 aromatic heterocycles. The van der Waals surface area contributed by atoms with E-state index in [0.717, 1.165) is 20.8 Å². The van der Waals surface area contributed by atoms with Gasteiger partial charge >= 0.3 is 35.3 Å². The summed E-state index contributed by atoms with van der Waals surface area (Å²) >= 11 is 0. The van der Waals surface area contributed by atoms with Crippen molar-refractivity contribution in [3.8, 4) is 0 Å². The van der Waals surface area contributed by atoms with Crippen molar-refractivity contribution in [2.24, 2.45) is 0 Å². The Labute approximate surface area is 184 Å². The van der Waals surface area contributed by atoms with Crippen LogP contribution in [0.2, 0.25) is 0 Å². The Morgan fingerprint density at radius 2 is 0.645 bits per heavy atom. The molecule has 0 aromatic rings. The van der Waals surface area contributed by atoms with Crippen LogP contribution in [0.3, 0.4) is 0 Å². The fraction of sp³-hybridized carbons (Fsp3) is 0.400. The molecule has 15 nitrogen and oxygen atoms in total. The van der Waals surface area contributed by atoms with Gasteiger partial charge in [0.2, 0.25) is 17.3 Å². The predicted octanol–water partition coefficient (Wildman–Crippen LogP) is -6.78. The molecule has 168 valence electrons. The van der Waals surface area contributed by atoms with Crippen molar-refractivity contribution in [1.29, 1.82) is 0 Å². The Hall–Kier alpha value is -3.64. The van der Waals surface area contributed by atoms with Crippen LogP contribution >= 0.6 is 0 Å². The van der Waals surface area contributed by atoms with Gasteiger partial charge in [-0.15, -0.1) is 0 Å². The van der Waals surface area contributed by atoms with E-state index in [1.165, 1.54) is 0 Å². The number of carboxylic acids is 3. The van der Waals surface area contributed by atoms with Crippen molar-refractivity contribution in [3.05, 3.63) is 0 Å². The molecule has 0 aliphatic heterocycles. The van der Waals surface area contributed by atoms with Crippen LogP contribution in [0.1, 0.15) is 20.8 Å². The molecule has 0 amide bonds. The molecule has 0 aromatic carbocycles.